The molecule has 2 aromatic rings. The monoisotopic (exact) mass is 489 g/mol. The van der Waals surface area contributed by atoms with Crippen molar-refractivity contribution in [2.45, 2.75) is 19.4 Å². The van der Waals surface area contributed by atoms with Gasteiger partial charge < -0.3 is 4.74 Å². The van der Waals surface area contributed by atoms with Crippen molar-refractivity contribution in [2.75, 3.05) is 0 Å². The fourth-order valence-electron chi connectivity index (χ4n) is 4.92. The van der Waals surface area contributed by atoms with Crippen LogP contribution in [0.4, 0.5) is 0 Å². The predicted octanol–water partition coefficient (Wildman–Crippen LogP) is 4.43. The molecule has 1 saturated carbocycles. The minimum absolute atomic E-state index is 0.151. The lowest BCUT2D eigenvalue weighted by molar-refractivity contribution is -0.140. The number of ether oxygens (including phenoxy) is 1. The van der Waals surface area contributed by atoms with Gasteiger partial charge in [0.1, 0.15) is 12.4 Å². The Morgan fingerprint density at radius 2 is 1.78 bits per heavy atom. The molecule has 1 saturated heterocycles. The zero-order valence-corrected chi connectivity index (χ0v) is 18.7. The minimum Gasteiger partial charge on any atom is -0.488 e. The van der Waals surface area contributed by atoms with Gasteiger partial charge in [0.25, 0.3) is 11.8 Å². The Morgan fingerprint density at radius 1 is 1.09 bits per heavy atom. The number of hydrogen-bond donors (Lipinski definition) is 0. The van der Waals surface area contributed by atoms with Gasteiger partial charge in [-0.05, 0) is 70.4 Å². The summed E-state index contributed by atoms with van der Waals surface area (Å²) in [4.78, 5) is 25.7. The standard InChI is InChI=1S/C25H20BrN3O3/c26-20-11-15(5-10-21(20)32-14-19-4-2-1-3-18(19)12-27)13-28-29-24(30)22-16-6-7-17(9-8-16)23(22)25(29)31/h1-7,10-11,13,16-17,22-23H,8-9,14H2/b28-13-/t16-,17-,22-,23-/m0/s1. The van der Waals surface area contributed by atoms with E-state index < -0.39 is 0 Å². The number of hydrazone groups is 1. The highest BCUT2D eigenvalue weighted by Gasteiger charge is 2.56. The van der Waals surface area contributed by atoms with Crippen LogP contribution in [0.1, 0.15) is 29.5 Å². The van der Waals surface area contributed by atoms with Gasteiger partial charge >= 0.3 is 0 Å². The number of nitrogens with zero attached hydrogens (tertiary/aromatic N) is 3. The molecule has 32 heavy (non-hydrogen) atoms. The molecule has 3 aliphatic carbocycles. The molecule has 2 aromatic carbocycles. The van der Waals surface area contributed by atoms with Gasteiger partial charge in [-0.25, -0.2) is 0 Å². The van der Waals surface area contributed by atoms with Crippen molar-refractivity contribution in [1.82, 2.24) is 5.01 Å². The molecule has 2 fully saturated rings. The molecule has 4 atom stereocenters. The first-order valence-corrected chi connectivity index (χ1v) is 11.4. The topological polar surface area (TPSA) is 82.8 Å². The molecule has 2 bridgehead atoms. The molecule has 1 heterocycles. The van der Waals surface area contributed by atoms with Crippen LogP contribution in [0.2, 0.25) is 0 Å². The number of rotatable bonds is 5. The molecule has 160 valence electrons. The van der Waals surface area contributed by atoms with E-state index in [1.807, 2.05) is 30.3 Å². The van der Waals surface area contributed by atoms with Crippen LogP contribution in [0.15, 0.2) is 64.2 Å². The smallest absolute Gasteiger partial charge is 0.254 e. The van der Waals surface area contributed by atoms with E-state index in [4.69, 9.17) is 4.74 Å². The Kier molecular flexibility index (Phi) is 5.40. The number of nitriles is 1. The Bertz CT molecular complexity index is 1170. The van der Waals surface area contributed by atoms with Gasteiger partial charge in [0.05, 0.1) is 34.2 Å². The molecule has 1 aliphatic heterocycles. The van der Waals surface area contributed by atoms with Gasteiger partial charge in [-0.2, -0.15) is 15.4 Å². The van der Waals surface area contributed by atoms with Gasteiger partial charge in [-0.1, -0.05) is 30.4 Å². The summed E-state index contributed by atoms with van der Waals surface area (Å²) < 4.78 is 6.57. The van der Waals surface area contributed by atoms with Crippen molar-refractivity contribution in [3.8, 4) is 11.8 Å². The molecule has 0 spiro atoms. The van der Waals surface area contributed by atoms with E-state index in [1.165, 1.54) is 6.21 Å². The van der Waals surface area contributed by atoms with Crippen LogP contribution in [0, 0.1) is 35.0 Å². The highest BCUT2D eigenvalue weighted by molar-refractivity contribution is 9.10. The lowest BCUT2D eigenvalue weighted by Crippen LogP contribution is -2.38. The van der Waals surface area contributed by atoms with E-state index in [9.17, 15) is 14.9 Å². The first-order valence-electron chi connectivity index (χ1n) is 10.6. The van der Waals surface area contributed by atoms with Crippen molar-refractivity contribution in [2.24, 2.45) is 28.8 Å². The first-order chi connectivity index (χ1) is 15.6. The summed E-state index contributed by atoms with van der Waals surface area (Å²) in [5.74, 6) is 0.0222. The summed E-state index contributed by atoms with van der Waals surface area (Å²) in [6.45, 7) is 0.270. The second-order valence-corrected chi connectivity index (χ2v) is 9.18. The molecule has 6 nitrogen and oxygen atoms in total. The second kappa shape index (κ2) is 8.36. The van der Waals surface area contributed by atoms with Gasteiger partial charge in [-0.3, -0.25) is 9.59 Å². The Morgan fingerprint density at radius 3 is 2.41 bits per heavy atom. The average Bonchev–Trinajstić information content (AvgIpc) is 3.10. The van der Waals surface area contributed by atoms with E-state index in [-0.39, 0.29) is 42.1 Å². The molecule has 4 aliphatic rings. The van der Waals surface area contributed by atoms with E-state index in [0.29, 0.717) is 15.8 Å². The van der Waals surface area contributed by atoms with Gasteiger partial charge in [0.15, 0.2) is 0 Å². The summed E-state index contributed by atoms with van der Waals surface area (Å²) >= 11 is 3.50. The van der Waals surface area contributed by atoms with Crippen molar-refractivity contribution in [3.63, 3.8) is 0 Å². The molecular formula is C25H20BrN3O3. The zero-order chi connectivity index (χ0) is 22.2. The summed E-state index contributed by atoms with van der Waals surface area (Å²) in [7, 11) is 0. The maximum absolute atomic E-state index is 12.9. The predicted molar refractivity (Wildman–Crippen MR) is 121 cm³/mol. The third-order valence-corrected chi connectivity index (χ3v) is 7.15. The molecular weight excluding hydrogens is 470 g/mol. The number of benzene rings is 2. The Labute approximate surface area is 194 Å². The van der Waals surface area contributed by atoms with E-state index in [1.54, 1.807) is 12.1 Å². The maximum atomic E-state index is 12.9. The number of fused-ring (bicyclic) bond motifs is 1. The number of carbonyl (C=O) groups excluding carboxylic acids is 2. The molecule has 0 aromatic heterocycles. The van der Waals surface area contributed by atoms with E-state index >= 15 is 0 Å². The lowest BCUT2D eigenvalue weighted by atomic mass is 9.63. The lowest BCUT2D eigenvalue weighted by Gasteiger charge is -2.37. The molecule has 2 amide bonds. The van der Waals surface area contributed by atoms with Crippen LogP contribution in [-0.2, 0) is 16.2 Å². The van der Waals surface area contributed by atoms with Crippen molar-refractivity contribution in [1.29, 1.82) is 5.26 Å². The van der Waals surface area contributed by atoms with Gasteiger partial charge in [0.2, 0.25) is 0 Å². The number of amides is 2. The maximum Gasteiger partial charge on any atom is 0.254 e. The average molecular weight is 490 g/mol. The first kappa shape index (κ1) is 20.7. The fraction of sp³-hybridized carbons (Fsp3) is 0.280. The summed E-state index contributed by atoms with van der Waals surface area (Å²) in [5.41, 5.74) is 2.12. The van der Waals surface area contributed by atoms with Crippen LogP contribution < -0.4 is 4.74 Å². The van der Waals surface area contributed by atoms with Crippen LogP contribution in [0.5, 0.6) is 5.75 Å². The number of hydrogen-bond acceptors (Lipinski definition) is 5. The normalized spacial score (nSPS) is 25.9. The quantitative estimate of drug-likeness (QED) is 0.353. The summed E-state index contributed by atoms with van der Waals surface area (Å²) in [6, 6.07) is 14.9. The Hall–Kier alpha value is -3.24. The van der Waals surface area contributed by atoms with Gasteiger partial charge in [-0.15, -0.1) is 0 Å². The third-order valence-electron chi connectivity index (χ3n) is 6.54. The molecule has 0 N–H and O–H groups in total. The zero-order valence-electron chi connectivity index (χ0n) is 17.1. The highest BCUT2D eigenvalue weighted by atomic mass is 79.9. The van der Waals surface area contributed by atoms with Crippen LogP contribution in [-0.4, -0.2) is 23.0 Å². The number of carbonyl (C=O) groups is 2. The Balaban J connectivity index is 1.28. The molecule has 0 radical (unpaired) electrons. The van der Waals surface area contributed by atoms with Crippen molar-refractivity contribution < 1.29 is 14.3 Å². The minimum atomic E-state index is -0.262. The van der Waals surface area contributed by atoms with Crippen LogP contribution >= 0.6 is 15.9 Å². The molecule has 0 unspecified atom stereocenters. The fourth-order valence-corrected chi connectivity index (χ4v) is 5.43. The molecule has 7 heteroatoms. The van der Waals surface area contributed by atoms with E-state index in [0.717, 1.165) is 29.0 Å². The summed E-state index contributed by atoms with van der Waals surface area (Å²) in [6.07, 6.45) is 7.65. The number of imide groups is 1. The second-order valence-electron chi connectivity index (χ2n) is 8.32. The molecule has 6 rings (SSSR count). The number of halogens is 1. The van der Waals surface area contributed by atoms with Gasteiger partial charge in [0, 0.05) is 5.56 Å². The van der Waals surface area contributed by atoms with Crippen LogP contribution in [0.3, 0.4) is 0 Å². The largest absolute Gasteiger partial charge is 0.488 e. The third kappa shape index (κ3) is 3.55. The SMILES string of the molecule is N#Cc1ccccc1COc1ccc(/C=N\N2C(=O)[C@@H]3[C@@H](C2=O)[C@H]2C=C[C@H]3CC2)cc1Br. The van der Waals surface area contributed by atoms with E-state index in [2.05, 4.69) is 39.3 Å². The van der Waals surface area contributed by atoms with Crippen molar-refractivity contribution >= 4 is 34.0 Å². The summed E-state index contributed by atoms with van der Waals surface area (Å²) in [5, 5.41) is 14.5. The highest BCUT2D eigenvalue weighted by Crippen LogP contribution is 2.49. The van der Waals surface area contributed by atoms with Crippen molar-refractivity contribution in [3.05, 3.63) is 75.8 Å². The van der Waals surface area contributed by atoms with Crippen LogP contribution in [0.25, 0.3) is 0 Å². The number of allylic oxidation sites excluding steroid dienone is 2.